The monoisotopic (exact) mass is 316 g/mol. The average molecular weight is 316 g/mol. The van der Waals surface area contributed by atoms with Crippen molar-refractivity contribution in [3.8, 4) is 0 Å². The zero-order chi connectivity index (χ0) is 16.0. The quantitative estimate of drug-likeness (QED) is 0.750. The summed E-state index contributed by atoms with van der Waals surface area (Å²) in [6.45, 7) is 9.06. The molecule has 0 unspecified atom stereocenters. The third kappa shape index (κ3) is 4.49. The van der Waals surface area contributed by atoms with Crippen molar-refractivity contribution in [3.05, 3.63) is 29.6 Å². The van der Waals surface area contributed by atoms with Crippen LogP contribution in [0.5, 0.6) is 0 Å². The number of benzene rings is 1. The smallest absolute Gasteiger partial charge is 0.246 e. The van der Waals surface area contributed by atoms with E-state index in [4.69, 9.17) is 0 Å². The Balaban J connectivity index is 3.03. The Bertz CT molecular complexity index is 559. The zero-order valence-corrected chi connectivity index (χ0v) is 14.0. The molecule has 21 heavy (non-hydrogen) atoms. The van der Waals surface area contributed by atoms with Crippen LogP contribution in [-0.4, -0.2) is 31.9 Å². The van der Waals surface area contributed by atoms with Crippen molar-refractivity contribution in [2.45, 2.75) is 51.6 Å². The number of halogens is 1. The highest BCUT2D eigenvalue weighted by Crippen LogP contribution is 2.22. The van der Waals surface area contributed by atoms with Crippen LogP contribution in [0.2, 0.25) is 0 Å². The highest BCUT2D eigenvalue weighted by Gasteiger charge is 2.28. The molecule has 0 amide bonds. The van der Waals surface area contributed by atoms with Gasteiger partial charge in [0.1, 0.15) is 10.7 Å². The fourth-order valence-electron chi connectivity index (χ4n) is 2.21. The van der Waals surface area contributed by atoms with Gasteiger partial charge in [0.2, 0.25) is 10.0 Å². The summed E-state index contributed by atoms with van der Waals surface area (Å²) in [5, 5.41) is 3.16. The summed E-state index contributed by atoms with van der Waals surface area (Å²) in [6, 6.07) is 4.11. The Morgan fingerprint density at radius 2 is 1.95 bits per heavy atom. The minimum atomic E-state index is -3.79. The molecule has 0 heterocycles. The predicted octanol–water partition coefficient (Wildman–Crippen LogP) is 2.74. The summed E-state index contributed by atoms with van der Waals surface area (Å²) < 4.78 is 40.4. The number of nitrogens with zero attached hydrogens (tertiary/aromatic N) is 1. The molecular weight excluding hydrogens is 291 g/mol. The van der Waals surface area contributed by atoms with Crippen molar-refractivity contribution < 1.29 is 12.8 Å². The molecule has 0 aliphatic rings. The summed E-state index contributed by atoms with van der Waals surface area (Å²) in [7, 11) is -3.79. The van der Waals surface area contributed by atoms with Crippen molar-refractivity contribution in [3.63, 3.8) is 0 Å². The van der Waals surface area contributed by atoms with E-state index >= 15 is 0 Å². The van der Waals surface area contributed by atoms with Gasteiger partial charge in [-0.05, 0) is 44.5 Å². The third-order valence-corrected chi connectivity index (χ3v) is 5.41. The topological polar surface area (TPSA) is 49.4 Å². The lowest BCUT2D eigenvalue weighted by atomic mass is 10.2. The fraction of sp³-hybridized carbons (Fsp3) is 0.600. The highest BCUT2D eigenvalue weighted by atomic mass is 32.2. The van der Waals surface area contributed by atoms with Gasteiger partial charge in [-0.3, -0.25) is 0 Å². The van der Waals surface area contributed by atoms with Gasteiger partial charge in [0.25, 0.3) is 0 Å². The van der Waals surface area contributed by atoms with Crippen molar-refractivity contribution in [2.24, 2.45) is 0 Å². The molecule has 0 atom stereocenters. The average Bonchev–Trinajstić information content (AvgIpc) is 2.38. The van der Waals surface area contributed by atoms with Gasteiger partial charge in [0, 0.05) is 19.1 Å². The molecule has 0 fully saturated rings. The Kier molecular flexibility index (Phi) is 6.77. The van der Waals surface area contributed by atoms with Gasteiger partial charge in [-0.25, -0.2) is 12.8 Å². The van der Waals surface area contributed by atoms with E-state index in [1.807, 2.05) is 0 Å². The molecule has 0 spiro atoms. The second kappa shape index (κ2) is 7.87. The standard InChI is InChI=1S/C15H25FN2O2S/c1-5-9-17-11-13-7-8-15(14(16)10-13)21(19,20)18(6-2)12(3)4/h7-8,10,12,17H,5-6,9,11H2,1-4H3. The Labute approximate surface area is 127 Å². The maximum atomic E-state index is 14.2. The highest BCUT2D eigenvalue weighted by molar-refractivity contribution is 7.89. The molecule has 1 N–H and O–H groups in total. The SMILES string of the molecule is CCCNCc1ccc(S(=O)(=O)N(CC)C(C)C)c(F)c1. The number of hydrogen-bond donors (Lipinski definition) is 1. The van der Waals surface area contributed by atoms with Crippen LogP contribution in [-0.2, 0) is 16.6 Å². The van der Waals surface area contributed by atoms with Gasteiger partial charge in [0.05, 0.1) is 0 Å². The van der Waals surface area contributed by atoms with Crippen LogP contribution < -0.4 is 5.32 Å². The molecule has 0 radical (unpaired) electrons. The fourth-order valence-corrected chi connectivity index (χ4v) is 3.90. The van der Waals surface area contributed by atoms with Gasteiger partial charge < -0.3 is 5.32 Å². The van der Waals surface area contributed by atoms with E-state index in [0.29, 0.717) is 13.1 Å². The first-order valence-electron chi connectivity index (χ1n) is 7.35. The number of sulfonamides is 1. The van der Waals surface area contributed by atoms with Gasteiger partial charge in [-0.1, -0.05) is 19.9 Å². The summed E-state index contributed by atoms with van der Waals surface area (Å²) in [5.74, 6) is -0.690. The lowest BCUT2D eigenvalue weighted by Crippen LogP contribution is -2.37. The summed E-state index contributed by atoms with van der Waals surface area (Å²) in [4.78, 5) is -0.253. The van der Waals surface area contributed by atoms with Crippen LogP contribution in [0.25, 0.3) is 0 Å². The molecule has 0 aliphatic heterocycles. The first-order valence-corrected chi connectivity index (χ1v) is 8.79. The van der Waals surface area contributed by atoms with Gasteiger partial charge in [-0.2, -0.15) is 4.31 Å². The van der Waals surface area contributed by atoms with Crippen molar-refractivity contribution in [2.75, 3.05) is 13.1 Å². The Morgan fingerprint density at radius 1 is 1.29 bits per heavy atom. The maximum absolute atomic E-state index is 14.2. The predicted molar refractivity (Wildman–Crippen MR) is 83.1 cm³/mol. The molecule has 0 aromatic heterocycles. The Morgan fingerprint density at radius 3 is 2.43 bits per heavy atom. The largest absolute Gasteiger partial charge is 0.313 e. The van der Waals surface area contributed by atoms with E-state index in [2.05, 4.69) is 12.2 Å². The maximum Gasteiger partial charge on any atom is 0.246 e. The lowest BCUT2D eigenvalue weighted by molar-refractivity contribution is 0.367. The van der Waals surface area contributed by atoms with E-state index < -0.39 is 15.8 Å². The van der Waals surface area contributed by atoms with Gasteiger partial charge in [0.15, 0.2) is 0 Å². The second-order valence-electron chi connectivity index (χ2n) is 5.24. The van der Waals surface area contributed by atoms with Crippen molar-refractivity contribution >= 4 is 10.0 Å². The second-order valence-corrected chi connectivity index (χ2v) is 7.10. The van der Waals surface area contributed by atoms with Crippen LogP contribution in [0, 0.1) is 5.82 Å². The Hall–Kier alpha value is -0.980. The molecular formula is C15H25FN2O2S. The number of nitrogens with one attached hydrogen (secondary N) is 1. The van der Waals surface area contributed by atoms with Gasteiger partial charge in [-0.15, -0.1) is 0 Å². The molecule has 6 heteroatoms. The number of hydrogen-bond acceptors (Lipinski definition) is 3. The molecule has 1 rings (SSSR count). The third-order valence-electron chi connectivity index (χ3n) is 3.23. The molecule has 0 saturated carbocycles. The first kappa shape index (κ1) is 18.1. The van der Waals surface area contributed by atoms with E-state index in [1.165, 1.54) is 16.4 Å². The molecule has 1 aromatic carbocycles. The van der Waals surface area contributed by atoms with Crippen LogP contribution >= 0.6 is 0 Å². The van der Waals surface area contributed by atoms with E-state index in [9.17, 15) is 12.8 Å². The van der Waals surface area contributed by atoms with E-state index in [0.717, 1.165) is 18.5 Å². The summed E-state index contributed by atoms with van der Waals surface area (Å²) >= 11 is 0. The van der Waals surface area contributed by atoms with E-state index in [-0.39, 0.29) is 10.9 Å². The van der Waals surface area contributed by atoms with Crippen LogP contribution in [0.3, 0.4) is 0 Å². The zero-order valence-electron chi connectivity index (χ0n) is 13.2. The molecule has 120 valence electrons. The summed E-state index contributed by atoms with van der Waals surface area (Å²) in [5.41, 5.74) is 0.743. The van der Waals surface area contributed by atoms with Gasteiger partial charge >= 0.3 is 0 Å². The minimum absolute atomic E-state index is 0.203. The summed E-state index contributed by atoms with van der Waals surface area (Å²) in [6.07, 6.45) is 0.995. The molecule has 0 aliphatic carbocycles. The molecule has 4 nitrogen and oxygen atoms in total. The van der Waals surface area contributed by atoms with Crippen molar-refractivity contribution in [1.82, 2.24) is 9.62 Å². The van der Waals surface area contributed by atoms with Crippen LogP contribution in [0.15, 0.2) is 23.1 Å². The molecule has 1 aromatic rings. The van der Waals surface area contributed by atoms with E-state index in [1.54, 1.807) is 26.8 Å². The minimum Gasteiger partial charge on any atom is -0.313 e. The van der Waals surface area contributed by atoms with Crippen LogP contribution in [0.4, 0.5) is 4.39 Å². The molecule has 0 saturated heterocycles. The number of rotatable bonds is 8. The normalized spacial score (nSPS) is 12.3. The molecule has 0 bridgehead atoms. The lowest BCUT2D eigenvalue weighted by Gasteiger charge is -2.24. The van der Waals surface area contributed by atoms with Crippen molar-refractivity contribution in [1.29, 1.82) is 0 Å². The first-order chi connectivity index (χ1) is 9.84. The van der Waals surface area contributed by atoms with Crippen LogP contribution in [0.1, 0.15) is 39.7 Å².